The van der Waals surface area contributed by atoms with E-state index in [2.05, 4.69) is 30.9 Å². The maximum absolute atomic E-state index is 14.1. The monoisotopic (exact) mass is 570 g/mol. The van der Waals surface area contributed by atoms with Crippen LogP contribution < -0.4 is 10.6 Å². The molecule has 2 heterocycles. The highest BCUT2D eigenvalue weighted by atomic mass is 32.2. The number of amidine groups is 1. The van der Waals surface area contributed by atoms with Crippen LogP contribution in [0.5, 0.6) is 0 Å². The SMILES string of the molecule is CC(C)(C)CC[N+]1([O-])CC(C2=NP(=O)(O)c3cc(CCCCCS(C)(=O)=O)ccc3N2)=C(O)N1C(C)(C)C. The molecule has 0 amide bonds. The number of nitrogens with zero attached hydrogens (tertiary/aromatic N) is 3. The molecular weight excluding hydrogens is 527 g/mol. The molecule has 2 aliphatic rings. The predicted molar refractivity (Wildman–Crippen MR) is 153 cm³/mol. The third-order valence-corrected chi connectivity index (χ3v) is 9.22. The number of hydrogen-bond acceptors (Lipinski definition) is 7. The zero-order valence-corrected chi connectivity index (χ0v) is 25.3. The van der Waals surface area contributed by atoms with E-state index in [-0.39, 0.29) is 46.9 Å². The molecule has 214 valence electrons. The van der Waals surface area contributed by atoms with E-state index in [4.69, 9.17) is 0 Å². The highest BCUT2D eigenvalue weighted by molar-refractivity contribution is 7.90. The van der Waals surface area contributed by atoms with Crippen molar-refractivity contribution in [2.45, 2.75) is 79.2 Å². The molecule has 2 unspecified atom stereocenters. The molecule has 0 spiro atoms. The lowest BCUT2D eigenvalue weighted by atomic mass is 9.92. The Morgan fingerprint density at radius 3 is 2.39 bits per heavy atom. The Balaban J connectivity index is 1.83. The van der Waals surface area contributed by atoms with E-state index in [1.807, 2.05) is 26.8 Å². The molecule has 2 atom stereocenters. The molecule has 0 fully saturated rings. The summed E-state index contributed by atoms with van der Waals surface area (Å²) in [5, 5.41) is 30.0. The number of rotatable bonds is 9. The second-order valence-electron chi connectivity index (χ2n) is 12.7. The van der Waals surface area contributed by atoms with Gasteiger partial charge in [0.25, 0.3) is 0 Å². The third-order valence-electron chi connectivity index (χ3n) is 6.72. The number of sulfone groups is 1. The first-order valence-corrected chi connectivity index (χ1v) is 16.7. The molecule has 12 heteroatoms. The van der Waals surface area contributed by atoms with Gasteiger partial charge in [-0.3, -0.25) is 4.57 Å². The molecule has 2 aliphatic heterocycles. The van der Waals surface area contributed by atoms with Crippen molar-refractivity contribution >= 4 is 34.2 Å². The topological polar surface area (TPSA) is 142 Å². The number of quaternary nitrogens is 1. The number of aliphatic hydroxyl groups excluding tert-OH is 1. The number of aryl methyl sites for hydroxylation is 1. The first kappa shape index (κ1) is 30.6. The van der Waals surface area contributed by atoms with E-state index in [0.717, 1.165) is 18.4 Å². The lowest BCUT2D eigenvalue weighted by Crippen LogP contribution is -2.60. The summed E-state index contributed by atoms with van der Waals surface area (Å²) >= 11 is 0. The number of benzene rings is 1. The molecule has 0 saturated carbocycles. The van der Waals surface area contributed by atoms with Crippen LogP contribution in [0.2, 0.25) is 0 Å². The minimum atomic E-state index is -4.18. The zero-order chi connectivity index (χ0) is 28.7. The Morgan fingerprint density at radius 2 is 1.82 bits per heavy atom. The summed E-state index contributed by atoms with van der Waals surface area (Å²) in [7, 11) is -7.16. The molecule has 38 heavy (non-hydrogen) atoms. The van der Waals surface area contributed by atoms with E-state index in [1.165, 1.54) is 11.3 Å². The quantitative estimate of drug-likeness (QED) is 0.169. The molecule has 3 N–H and O–H groups in total. The van der Waals surface area contributed by atoms with Crippen LogP contribution in [-0.4, -0.2) is 64.7 Å². The Kier molecular flexibility index (Phi) is 8.53. The van der Waals surface area contributed by atoms with Gasteiger partial charge in [-0.05, 0) is 63.1 Å². The Bertz CT molecular complexity index is 1280. The van der Waals surface area contributed by atoms with Crippen molar-refractivity contribution in [1.29, 1.82) is 0 Å². The van der Waals surface area contributed by atoms with E-state index in [9.17, 15) is 28.2 Å². The van der Waals surface area contributed by atoms with Gasteiger partial charge in [0.1, 0.15) is 34.3 Å². The van der Waals surface area contributed by atoms with E-state index in [1.54, 1.807) is 12.1 Å². The van der Waals surface area contributed by atoms with Crippen molar-refractivity contribution in [1.82, 2.24) is 5.01 Å². The summed E-state index contributed by atoms with van der Waals surface area (Å²) in [6, 6.07) is 5.22. The van der Waals surface area contributed by atoms with Crippen LogP contribution in [0, 0.1) is 10.6 Å². The maximum atomic E-state index is 14.1. The van der Waals surface area contributed by atoms with Gasteiger partial charge in [0.05, 0.1) is 16.5 Å². The molecule has 0 bridgehead atoms. The van der Waals surface area contributed by atoms with E-state index >= 15 is 0 Å². The van der Waals surface area contributed by atoms with Crippen LogP contribution in [0.15, 0.2) is 34.4 Å². The van der Waals surface area contributed by atoms with Crippen molar-refractivity contribution in [3.8, 4) is 0 Å². The lowest BCUT2D eigenvalue weighted by Gasteiger charge is -2.51. The molecule has 1 aromatic rings. The first-order valence-electron chi connectivity index (χ1n) is 13.0. The highest BCUT2D eigenvalue weighted by Gasteiger charge is 2.48. The molecule has 10 nitrogen and oxygen atoms in total. The average Bonchev–Trinajstić information content (AvgIpc) is 3.02. The van der Waals surface area contributed by atoms with Gasteiger partial charge in [-0.25, -0.2) is 13.2 Å². The van der Waals surface area contributed by atoms with E-state index < -0.39 is 27.7 Å². The van der Waals surface area contributed by atoms with Gasteiger partial charge < -0.3 is 20.5 Å². The van der Waals surface area contributed by atoms with Gasteiger partial charge in [0.15, 0.2) is 0 Å². The highest BCUT2D eigenvalue weighted by Crippen LogP contribution is 2.48. The predicted octanol–water partition coefficient (Wildman–Crippen LogP) is 4.63. The van der Waals surface area contributed by atoms with Gasteiger partial charge in [-0.15, -0.1) is 0 Å². The molecule has 0 radical (unpaired) electrons. The fourth-order valence-electron chi connectivity index (χ4n) is 4.85. The van der Waals surface area contributed by atoms with Crippen LogP contribution in [-0.2, 0) is 20.8 Å². The summed E-state index contributed by atoms with van der Waals surface area (Å²) in [4.78, 5) is 10.9. The van der Waals surface area contributed by atoms with Crippen LogP contribution in [0.25, 0.3) is 0 Å². The number of aliphatic hydroxyl groups is 1. The average molecular weight is 571 g/mol. The number of hydrogen-bond donors (Lipinski definition) is 3. The van der Waals surface area contributed by atoms with Gasteiger partial charge in [-0.1, -0.05) is 33.3 Å². The second kappa shape index (κ2) is 10.6. The molecule has 0 aliphatic carbocycles. The Labute approximate surface area is 227 Å². The van der Waals surface area contributed by atoms with Crippen molar-refractivity contribution < 1.29 is 27.7 Å². The van der Waals surface area contributed by atoms with Gasteiger partial charge in [-0.2, -0.15) is 9.77 Å². The number of unbranched alkanes of at least 4 members (excludes halogenated alkanes) is 2. The maximum Gasteiger partial charge on any atom is 0.346 e. The minimum Gasteiger partial charge on any atom is -0.606 e. The Hall–Kier alpha value is -1.91. The zero-order valence-electron chi connectivity index (χ0n) is 23.6. The smallest absolute Gasteiger partial charge is 0.346 e. The van der Waals surface area contributed by atoms with Gasteiger partial charge in [0.2, 0.25) is 5.88 Å². The molecular formula is C26H43N4O6PS. The first-order chi connectivity index (χ1) is 17.2. The van der Waals surface area contributed by atoms with Crippen LogP contribution >= 0.6 is 7.52 Å². The normalized spacial score (nSPS) is 24.3. The molecule has 3 rings (SSSR count). The molecule has 1 aromatic carbocycles. The summed E-state index contributed by atoms with van der Waals surface area (Å²) in [5.41, 5.74) is 0.715. The number of nitrogens with one attached hydrogen (secondary N) is 1. The lowest BCUT2D eigenvalue weighted by molar-refractivity contribution is -0.987. The molecule has 0 aromatic heterocycles. The van der Waals surface area contributed by atoms with Crippen molar-refractivity contribution in [3.05, 3.63) is 40.4 Å². The minimum absolute atomic E-state index is 0.0372. The van der Waals surface area contributed by atoms with Crippen molar-refractivity contribution in [2.24, 2.45) is 10.2 Å². The summed E-state index contributed by atoms with van der Waals surface area (Å²) in [6.45, 7) is 11.8. The fraction of sp³-hybridized carbons (Fsp3) is 0.654. The van der Waals surface area contributed by atoms with Gasteiger partial charge in [0, 0.05) is 18.4 Å². The standard InChI is InChI=1S/C26H43N4O6PS/c1-25(2,3)14-15-30(32)18-20(24(31)29(30)26(4,5)6)23-27-21-13-12-19(17-22(21)37(33,34)28-23)11-9-8-10-16-38(7,35)36/h12-13,17,31H,8-11,14-16,18H2,1-7H3,(H2,27,28,33,34). The fourth-order valence-corrected chi connectivity index (χ4v) is 6.91. The van der Waals surface area contributed by atoms with Crippen LogP contribution in [0.1, 0.15) is 72.8 Å². The summed E-state index contributed by atoms with van der Waals surface area (Å²) in [6.07, 6.45) is 4.57. The largest absolute Gasteiger partial charge is 0.606 e. The third kappa shape index (κ3) is 7.39. The van der Waals surface area contributed by atoms with Crippen molar-refractivity contribution in [3.63, 3.8) is 0 Å². The summed E-state index contributed by atoms with van der Waals surface area (Å²) < 4.78 is 39.2. The summed E-state index contributed by atoms with van der Waals surface area (Å²) in [5.74, 6) is -0.0451. The number of anilines is 1. The molecule has 0 saturated heterocycles. The van der Waals surface area contributed by atoms with E-state index in [0.29, 0.717) is 24.9 Å². The number of hydroxylamine groups is 2. The van der Waals surface area contributed by atoms with Crippen LogP contribution in [0.4, 0.5) is 5.69 Å². The number of fused-ring (bicyclic) bond motifs is 1. The Morgan fingerprint density at radius 1 is 1.16 bits per heavy atom. The van der Waals surface area contributed by atoms with Crippen LogP contribution in [0.3, 0.4) is 0 Å². The van der Waals surface area contributed by atoms with Crippen molar-refractivity contribution in [2.75, 3.05) is 30.4 Å². The van der Waals surface area contributed by atoms with Gasteiger partial charge >= 0.3 is 7.52 Å². The second-order valence-corrected chi connectivity index (χ2v) is 16.8.